The highest BCUT2D eigenvalue weighted by Crippen LogP contribution is 2.30. The molecule has 0 unspecified atom stereocenters. The van der Waals surface area contributed by atoms with Gasteiger partial charge in [-0.1, -0.05) is 19.3 Å². The first-order valence-electron chi connectivity index (χ1n) is 6.66. The zero-order chi connectivity index (χ0) is 13.2. The number of nitriles is 1. The number of alkyl halides is 1. The van der Waals surface area contributed by atoms with Crippen LogP contribution in [0.3, 0.4) is 0 Å². The molecule has 0 spiro atoms. The molecule has 1 aliphatic carbocycles. The first kappa shape index (κ1) is 13.3. The Hall–Kier alpha value is -1.15. The monoisotopic (exact) mass is 253 g/mol. The number of carbonyl (C=O) groups excluding carboxylic acids is 1. The fraction of sp³-hybridized carbons (Fsp3) is 0.846. The normalized spacial score (nSPS) is 31.1. The first-order chi connectivity index (χ1) is 8.54. The summed E-state index contributed by atoms with van der Waals surface area (Å²) in [6, 6.07) is 1.39. The van der Waals surface area contributed by atoms with Gasteiger partial charge in [-0.15, -0.1) is 0 Å². The van der Waals surface area contributed by atoms with Crippen LogP contribution >= 0.6 is 0 Å². The van der Waals surface area contributed by atoms with E-state index in [1.807, 2.05) is 6.07 Å². The van der Waals surface area contributed by atoms with E-state index in [2.05, 4.69) is 0 Å². The summed E-state index contributed by atoms with van der Waals surface area (Å²) < 4.78 is 13.3. The Balaban J connectivity index is 1.97. The fourth-order valence-electron chi connectivity index (χ4n) is 3.02. The highest BCUT2D eigenvalue weighted by atomic mass is 19.1. The summed E-state index contributed by atoms with van der Waals surface area (Å²) in [6.07, 6.45) is 4.29. The van der Waals surface area contributed by atoms with E-state index < -0.39 is 17.8 Å². The molecule has 5 heteroatoms. The molecule has 1 amide bonds. The smallest absolute Gasteiger partial charge is 0.225 e. The van der Waals surface area contributed by atoms with E-state index in [9.17, 15) is 9.18 Å². The van der Waals surface area contributed by atoms with Crippen LogP contribution in [0, 0.1) is 11.3 Å². The number of nitrogens with two attached hydrogens (primary N) is 1. The maximum Gasteiger partial charge on any atom is 0.225 e. The molecule has 100 valence electrons. The average molecular weight is 253 g/mol. The molecule has 0 aromatic carbocycles. The van der Waals surface area contributed by atoms with Crippen molar-refractivity contribution in [2.75, 3.05) is 6.54 Å². The van der Waals surface area contributed by atoms with Crippen molar-refractivity contribution in [3.63, 3.8) is 0 Å². The van der Waals surface area contributed by atoms with Crippen LogP contribution in [-0.4, -0.2) is 35.1 Å². The number of nitrogens with zero attached hydrogens (tertiary/aromatic N) is 2. The summed E-state index contributed by atoms with van der Waals surface area (Å²) in [5, 5.41) is 8.93. The van der Waals surface area contributed by atoms with Crippen LogP contribution in [0.4, 0.5) is 4.39 Å². The number of hydrogen-bond donors (Lipinski definition) is 1. The molecule has 0 radical (unpaired) electrons. The highest BCUT2D eigenvalue weighted by Gasteiger charge is 2.38. The third-order valence-electron chi connectivity index (χ3n) is 4.07. The van der Waals surface area contributed by atoms with Crippen LogP contribution in [0.1, 0.15) is 44.9 Å². The Labute approximate surface area is 107 Å². The van der Waals surface area contributed by atoms with Gasteiger partial charge >= 0.3 is 0 Å². The molecule has 0 bridgehead atoms. The molecule has 0 aromatic heterocycles. The number of amides is 1. The van der Waals surface area contributed by atoms with Crippen LogP contribution < -0.4 is 5.73 Å². The summed E-state index contributed by atoms with van der Waals surface area (Å²) in [5.74, 6) is -0.161. The fourth-order valence-corrected chi connectivity index (χ4v) is 3.02. The van der Waals surface area contributed by atoms with E-state index in [4.69, 9.17) is 11.0 Å². The second kappa shape index (κ2) is 5.23. The SMILES string of the molecule is N#C[C@@H]1C[C@H](F)CN1C(=O)CC1(N)CCCCC1. The van der Waals surface area contributed by atoms with Crippen molar-refractivity contribution in [2.45, 2.75) is 62.7 Å². The van der Waals surface area contributed by atoms with Gasteiger partial charge in [-0.3, -0.25) is 4.79 Å². The molecule has 1 aliphatic heterocycles. The minimum absolute atomic E-state index is 0.0488. The molecule has 1 saturated carbocycles. The lowest BCUT2D eigenvalue weighted by atomic mass is 9.80. The van der Waals surface area contributed by atoms with Gasteiger partial charge < -0.3 is 10.6 Å². The van der Waals surface area contributed by atoms with Crippen molar-refractivity contribution in [1.29, 1.82) is 5.26 Å². The van der Waals surface area contributed by atoms with Crippen molar-refractivity contribution < 1.29 is 9.18 Å². The van der Waals surface area contributed by atoms with Crippen LogP contribution in [0.2, 0.25) is 0 Å². The van der Waals surface area contributed by atoms with E-state index in [0.29, 0.717) is 0 Å². The van der Waals surface area contributed by atoms with Crippen molar-refractivity contribution in [1.82, 2.24) is 4.90 Å². The molecule has 0 aromatic rings. The quantitative estimate of drug-likeness (QED) is 0.810. The van der Waals surface area contributed by atoms with Gasteiger partial charge in [0.1, 0.15) is 12.2 Å². The molecule has 4 nitrogen and oxygen atoms in total. The average Bonchev–Trinajstić information content (AvgIpc) is 2.71. The van der Waals surface area contributed by atoms with Crippen molar-refractivity contribution in [3.8, 4) is 6.07 Å². The van der Waals surface area contributed by atoms with Gasteiger partial charge in [-0.05, 0) is 12.8 Å². The van der Waals surface area contributed by atoms with Gasteiger partial charge in [-0.2, -0.15) is 5.26 Å². The molecule has 2 atom stereocenters. The molecule has 1 heterocycles. The number of halogens is 1. The Morgan fingerprint density at radius 2 is 2.11 bits per heavy atom. The first-order valence-corrected chi connectivity index (χ1v) is 6.66. The van der Waals surface area contributed by atoms with E-state index in [-0.39, 0.29) is 25.3 Å². The van der Waals surface area contributed by atoms with Gasteiger partial charge in [0.25, 0.3) is 0 Å². The van der Waals surface area contributed by atoms with Crippen molar-refractivity contribution >= 4 is 5.91 Å². The van der Waals surface area contributed by atoms with Crippen molar-refractivity contribution in [3.05, 3.63) is 0 Å². The Bertz CT molecular complexity index is 360. The third-order valence-corrected chi connectivity index (χ3v) is 4.07. The number of hydrogen-bond acceptors (Lipinski definition) is 3. The maximum absolute atomic E-state index is 13.3. The molecule has 2 aliphatic rings. The molecule has 2 rings (SSSR count). The lowest BCUT2D eigenvalue weighted by Crippen LogP contribution is -2.47. The van der Waals surface area contributed by atoms with E-state index in [0.717, 1.165) is 25.7 Å². The topological polar surface area (TPSA) is 70.1 Å². The lowest BCUT2D eigenvalue weighted by Gasteiger charge is -2.34. The largest absolute Gasteiger partial charge is 0.325 e. The Morgan fingerprint density at radius 3 is 2.72 bits per heavy atom. The van der Waals surface area contributed by atoms with E-state index in [1.54, 1.807) is 0 Å². The molecule has 2 fully saturated rings. The molecule has 18 heavy (non-hydrogen) atoms. The lowest BCUT2D eigenvalue weighted by molar-refractivity contribution is -0.132. The Morgan fingerprint density at radius 1 is 1.44 bits per heavy atom. The van der Waals surface area contributed by atoms with Gasteiger partial charge in [0, 0.05) is 18.4 Å². The summed E-state index contributed by atoms with van der Waals surface area (Å²) in [5.41, 5.74) is 5.78. The van der Waals surface area contributed by atoms with Crippen molar-refractivity contribution in [2.24, 2.45) is 5.73 Å². The predicted octanol–water partition coefficient (Wildman–Crippen LogP) is 1.50. The van der Waals surface area contributed by atoms with E-state index in [1.165, 1.54) is 11.3 Å². The molecule has 2 N–H and O–H groups in total. The van der Waals surface area contributed by atoms with Gasteiger partial charge in [0.15, 0.2) is 0 Å². The standard InChI is InChI=1S/C13H20FN3O/c14-10-6-11(8-15)17(9-10)12(18)7-13(16)4-2-1-3-5-13/h10-11H,1-7,9,16H2/t10-,11-/m0/s1. The number of carbonyl (C=O) groups is 1. The zero-order valence-corrected chi connectivity index (χ0v) is 10.6. The summed E-state index contributed by atoms with van der Waals surface area (Å²) in [7, 11) is 0. The van der Waals surface area contributed by atoms with Gasteiger partial charge in [-0.25, -0.2) is 4.39 Å². The Kier molecular flexibility index (Phi) is 3.86. The summed E-state index contributed by atoms with van der Waals surface area (Å²) in [6.45, 7) is 0.0488. The van der Waals surface area contributed by atoms with Crippen LogP contribution in [-0.2, 0) is 4.79 Å². The zero-order valence-electron chi connectivity index (χ0n) is 10.6. The van der Waals surface area contributed by atoms with Crippen LogP contribution in [0.25, 0.3) is 0 Å². The molecular weight excluding hydrogens is 233 g/mol. The summed E-state index contributed by atoms with van der Waals surface area (Å²) in [4.78, 5) is 13.5. The molecule has 1 saturated heterocycles. The third kappa shape index (κ3) is 2.81. The second-order valence-corrected chi connectivity index (χ2v) is 5.62. The molecular formula is C13H20FN3O. The number of likely N-dealkylation sites (tertiary alicyclic amines) is 1. The minimum atomic E-state index is -1.07. The van der Waals surface area contributed by atoms with Crippen LogP contribution in [0.15, 0.2) is 0 Å². The predicted molar refractivity (Wildman–Crippen MR) is 65.2 cm³/mol. The number of rotatable bonds is 2. The minimum Gasteiger partial charge on any atom is -0.325 e. The maximum atomic E-state index is 13.3. The highest BCUT2D eigenvalue weighted by molar-refractivity contribution is 5.78. The van der Waals surface area contributed by atoms with Gasteiger partial charge in [0.05, 0.1) is 12.6 Å². The second-order valence-electron chi connectivity index (χ2n) is 5.62. The van der Waals surface area contributed by atoms with Gasteiger partial charge in [0.2, 0.25) is 5.91 Å². The summed E-state index contributed by atoms with van der Waals surface area (Å²) >= 11 is 0. The van der Waals surface area contributed by atoms with E-state index >= 15 is 0 Å². The van der Waals surface area contributed by atoms with Crippen LogP contribution in [0.5, 0.6) is 0 Å².